The summed E-state index contributed by atoms with van der Waals surface area (Å²) in [6.07, 6.45) is 2.08. The number of hydrogen-bond acceptors (Lipinski definition) is 6. The molecule has 1 aromatic heterocycles. The Kier molecular flexibility index (Phi) is 7.37. The maximum Gasteiger partial charge on any atom is 0.257 e. The highest BCUT2D eigenvalue weighted by molar-refractivity contribution is 7.89. The van der Waals surface area contributed by atoms with E-state index in [1.165, 1.54) is 12.5 Å². The molecule has 9 heteroatoms. The van der Waals surface area contributed by atoms with Gasteiger partial charge in [-0.2, -0.15) is 0 Å². The van der Waals surface area contributed by atoms with Crippen molar-refractivity contribution in [3.8, 4) is 5.75 Å². The molecule has 0 aliphatic heterocycles. The summed E-state index contributed by atoms with van der Waals surface area (Å²) in [4.78, 5) is 11.8. The number of ether oxygens (including phenoxy) is 1. The SMILES string of the molecule is CCCc1ccc(OCC(=O)NCCNS(=O)(=O)c2c(C)noc2C)cc1. The van der Waals surface area contributed by atoms with Crippen molar-refractivity contribution in [1.82, 2.24) is 15.2 Å². The number of rotatable bonds is 10. The number of carbonyl (C=O) groups is 1. The van der Waals surface area contributed by atoms with Gasteiger partial charge < -0.3 is 14.6 Å². The van der Waals surface area contributed by atoms with Gasteiger partial charge in [0.1, 0.15) is 16.3 Å². The minimum atomic E-state index is -3.73. The van der Waals surface area contributed by atoms with Crippen LogP contribution in [0.25, 0.3) is 0 Å². The molecule has 2 aromatic rings. The fourth-order valence-electron chi connectivity index (χ4n) is 2.56. The van der Waals surface area contributed by atoms with Crippen LogP contribution >= 0.6 is 0 Å². The molecule has 0 saturated carbocycles. The average Bonchev–Trinajstić information content (AvgIpc) is 2.97. The summed E-state index contributed by atoms with van der Waals surface area (Å²) in [5.74, 6) is 0.510. The molecule has 0 aliphatic carbocycles. The predicted octanol–water partition coefficient (Wildman–Crippen LogP) is 1.72. The van der Waals surface area contributed by atoms with Crippen LogP contribution in [0.1, 0.15) is 30.4 Å². The van der Waals surface area contributed by atoms with Gasteiger partial charge in [0.15, 0.2) is 12.4 Å². The summed E-state index contributed by atoms with van der Waals surface area (Å²) in [5.41, 5.74) is 1.52. The first-order valence-electron chi connectivity index (χ1n) is 8.74. The van der Waals surface area contributed by atoms with Gasteiger partial charge in [-0.25, -0.2) is 13.1 Å². The van der Waals surface area contributed by atoms with Crippen LogP contribution in [0.3, 0.4) is 0 Å². The Balaban J connectivity index is 1.71. The highest BCUT2D eigenvalue weighted by Crippen LogP contribution is 2.18. The zero-order chi connectivity index (χ0) is 19.9. The van der Waals surface area contributed by atoms with Crippen LogP contribution in [0.2, 0.25) is 0 Å². The summed E-state index contributed by atoms with van der Waals surface area (Å²) in [7, 11) is -3.73. The second-order valence-corrected chi connectivity index (χ2v) is 7.79. The van der Waals surface area contributed by atoms with E-state index in [9.17, 15) is 13.2 Å². The van der Waals surface area contributed by atoms with Crippen LogP contribution < -0.4 is 14.8 Å². The monoisotopic (exact) mass is 395 g/mol. The van der Waals surface area contributed by atoms with Gasteiger partial charge in [0.2, 0.25) is 10.0 Å². The number of nitrogens with one attached hydrogen (secondary N) is 2. The largest absolute Gasteiger partial charge is 0.484 e. The standard InChI is InChI=1S/C18H25N3O5S/c1-4-5-15-6-8-16(9-7-15)25-12-17(22)19-10-11-20-27(23,24)18-13(2)21-26-14(18)3/h6-9,20H,4-5,10-12H2,1-3H3,(H,19,22). The van der Waals surface area contributed by atoms with Crippen molar-refractivity contribution in [2.45, 2.75) is 38.5 Å². The first kappa shape index (κ1) is 20.9. The molecule has 0 unspecified atom stereocenters. The summed E-state index contributed by atoms with van der Waals surface area (Å²) in [6.45, 7) is 5.25. The lowest BCUT2D eigenvalue weighted by molar-refractivity contribution is -0.123. The molecule has 1 heterocycles. The number of benzene rings is 1. The number of nitrogens with zero attached hydrogens (tertiary/aromatic N) is 1. The van der Waals surface area contributed by atoms with E-state index in [0.717, 1.165) is 12.8 Å². The lowest BCUT2D eigenvalue weighted by Gasteiger charge is -2.09. The second kappa shape index (κ2) is 9.52. The third-order valence-electron chi connectivity index (χ3n) is 3.81. The van der Waals surface area contributed by atoms with E-state index in [1.807, 2.05) is 24.3 Å². The van der Waals surface area contributed by atoms with Crippen molar-refractivity contribution in [2.24, 2.45) is 0 Å². The van der Waals surface area contributed by atoms with E-state index >= 15 is 0 Å². The van der Waals surface area contributed by atoms with E-state index < -0.39 is 10.0 Å². The lowest BCUT2D eigenvalue weighted by atomic mass is 10.1. The lowest BCUT2D eigenvalue weighted by Crippen LogP contribution is -2.37. The molecule has 2 N–H and O–H groups in total. The predicted molar refractivity (Wildman–Crippen MR) is 100 cm³/mol. The minimum Gasteiger partial charge on any atom is -0.484 e. The van der Waals surface area contributed by atoms with Crippen LogP contribution in [0.15, 0.2) is 33.7 Å². The molecule has 1 aromatic carbocycles. The van der Waals surface area contributed by atoms with Gasteiger partial charge in [0.05, 0.1) is 0 Å². The normalized spacial score (nSPS) is 11.4. The van der Waals surface area contributed by atoms with E-state index in [2.05, 4.69) is 22.1 Å². The Labute approximate surface area is 159 Å². The second-order valence-electron chi connectivity index (χ2n) is 6.08. The topological polar surface area (TPSA) is 111 Å². The van der Waals surface area contributed by atoms with Gasteiger partial charge in [-0.15, -0.1) is 0 Å². The molecule has 0 atom stereocenters. The molecule has 27 heavy (non-hydrogen) atoms. The molecule has 2 rings (SSSR count). The minimum absolute atomic E-state index is 0.0312. The maximum atomic E-state index is 12.2. The Hall–Kier alpha value is -2.39. The molecule has 0 aliphatic rings. The van der Waals surface area contributed by atoms with E-state index in [-0.39, 0.29) is 36.3 Å². The first-order chi connectivity index (χ1) is 12.8. The van der Waals surface area contributed by atoms with Gasteiger partial charge in [0, 0.05) is 13.1 Å². The Bertz CT molecular complexity index is 840. The summed E-state index contributed by atoms with van der Waals surface area (Å²) in [6, 6.07) is 7.60. The summed E-state index contributed by atoms with van der Waals surface area (Å²) >= 11 is 0. The van der Waals surface area contributed by atoms with Crippen molar-refractivity contribution < 1.29 is 22.5 Å². The fraction of sp³-hybridized carbons (Fsp3) is 0.444. The van der Waals surface area contributed by atoms with Gasteiger partial charge in [0.25, 0.3) is 5.91 Å². The van der Waals surface area contributed by atoms with Crippen LogP contribution in [-0.2, 0) is 21.2 Å². The third-order valence-corrected chi connectivity index (χ3v) is 5.51. The Morgan fingerprint density at radius 2 is 1.89 bits per heavy atom. The molecule has 0 fully saturated rings. The molecule has 0 bridgehead atoms. The van der Waals surface area contributed by atoms with Crippen LogP contribution in [-0.4, -0.2) is 39.2 Å². The third kappa shape index (κ3) is 6.07. The number of aromatic nitrogens is 1. The van der Waals surface area contributed by atoms with Crippen molar-refractivity contribution in [3.63, 3.8) is 0 Å². The Morgan fingerprint density at radius 1 is 1.19 bits per heavy atom. The molecular weight excluding hydrogens is 370 g/mol. The van der Waals surface area contributed by atoms with E-state index in [4.69, 9.17) is 9.26 Å². The van der Waals surface area contributed by atoms with Gasteiger partial charge in [-0.05, 0) is 38.0 Å². The summed E-state index contributed by atoms with van der Waals surface area (Å²) < 4.78 is 37.1. The zero-order valence-corrected chi connectivity index (χ0v) is 16.6. The highest BCUT2D eigenvalue weighted by Gasteiger charge is 2.23. The van der Waals surface area contributed by atoms with Crippen LogP contribution in [0.5, 0.6) is 5.75 Å². The molecule has 1 amide bonds. The first-order valence-corrected chi connectivity index (χ1v) is 10.2. The number of amides is 1. The number of carbonyl (C=O) groups excluding carboxylic acids is 1. The fourth-order valence-corrected chi connectivity index (χ4v) is 3.92. The van der Waals surface area contributed by atoms with Crippen molar-refractivity contribution in [1.29, 1.82) is 0 Å². The summed E-state index contributed by atoms with van der Waals surface area (Å²) in [5, 5.41) is 6.23. The molecule has 0 spiro atoms. The number of aryl methyl sites for hydroxylation is 3. The molecular formula is C18H25N3O5S. The van der Waals surface area contributed by atoms with Gasteiger partial charge in [-0.1, -0.05) is 30.6 Å². The Morgan fingerprint density at radius 3 is 2.48 bits per heavy atom. The van der Waals surface area contributed by atoms with Crippen molar-refractivity contribution in [2.75, 3.05) is 19.7 Å². The number of hydrogen-bond donors (Lipinski definition) is 2. The maximum absolute atomic E-state index is 12.2. The smallest absolute Gasteiger partial charge is 0.257 e. The van der Waals surface area contributed by atoms with Crippen LogP contribution in [0.4, 0.5) is 0 Å². The zero-order valence-electron chi connectivity index (χ0n) is 15.7. The van der Waals surface area contributed by atoms with E-state index in [0.29, 0.717) is 11.4 Å². The van der Waals surface area contributed by atoms with E-state index in [1.54, 1.807) is 6.92 Å². The molecule has 0 radical (unpaired) electrons. The molecule has 148 valence electrons. The van der Waals surface area contributed by atoms with Crippen molar-refractivity contribution >= 4 is 15.9 Å². The van der Waals surface area contributed by atoms with Crippen LogP contribution in [0, 0.1) is 13.8 Å². The van der Waals surface area contributed by atoms with Crippen molar-refractivity contribution in [3.05, 3.63) is 41.3 Å². The average molecular weight is 395 g/mol. The number of sulfonamides is 1. The quantitative estimate of drug-likeness (QED) is 0.593. The van der Waals surface area contributed by atoms with Gasteiger partial charge in [-0.3, -0.25) is 4.79 Å². The molecule has 8 nitrogen and oxygen atoms in total. The molecule has 0 saturated heterocycles. The highest BCUT2D eigenvalue weighted by atomic mass is 32.2. The van der Waals surface area contributed by atoms with Gasteiger partial charge >= 0.3 is 0 Å².